The van der Waals surface area contributed by atoms with Crippen molar-refractivity contribution in [1.82, 2.24) is 9.38 Å². The topological polar surface area (TPSA) is 20.2 Å². The fourth-order valence-electron chi connectivity index (χ4n) is 5.57. The first-order chi connectivity index (χ1) is 14.9. The van der Waals surface area contributed by atoms with Crippen LogP contribution in [0.15, 0.2) is 91.0 Å². The van der Waals surface area contributed by atoms with Gasteiger partial charge in [0.05, 0.1) is 22.1 Å². The molecule has 0 spiro atoms. The van der Waals surface area contributed by atoms with Crippen LogP contribution in [-0.4, -0.2) is 9.38 Å². The zero-order valence-corrected chi connectivity index (χ0v) is 16.1. The molecule has 0 saturated carbocycles. The van der Waals surface area contributed by atoms with E-state index in [9.17, 15) is 0 Å². The molecule has 30 heavy (non-hydrogen) atoms. The van der Waals surface area contributed by atoms with Gasteiger partial charge in [-0.1, -0.05) is 66.7 Å². The molecule has 8 rings (SSSR count). The first-order valence-electron chi connectivity index (χ1n) is 10.4. The van der Waals surface area contributed by atoms with Crippen molar-refractivity contribution in [3.63, 3.8) is 0 Å². The highest BCUT2D eigenvalue weighted by Gasteiger charge is 2.18. The van der Waals surface area contributed by atoms with Crippen molar-refractivity contribution >= 4 is 70.7 Å². The molecule has 0 aliphatic rings. The lowest BCUT2D eigenvalue weighted by atomic mass is 10.0. The van der Waals surface area contributed by atoms with Crippen molar-refractivity contribution in [3.8, 4) is 0 Å². The molecule has 0 aliphatic carbocycles. The number of aromatic nitrogens is 2. The molecular weight excluding hydrogens is 364 g/mol. The number of fused-ring (bicyclic) bond motifs is 11. The van der Waals surface area contributed by atoms with E-state index in [0.29, 0.717) is 0 Å². The van der Waals surface area contributed by atoms with Crippen molar-refractivity contribution in [1.29, 1.82) is 0 Å². The van der Waals surface area contributed by atoms with Crippen LogP contribution in [0.25, 0.3) is 70.7 Å². The van der Waals surface area contributed by atoms with Crippen molar-refractivity contribution in [2.75, 3.05) is 0 Å². The molecule has 2 nitrogen and oxygen atoms in total. The molecule has 0 amide bonds. The van der Waals surface area contributed by atoms with Crippen LogP contribution in [0.5, 0.6) is 0 Å². The van der Waals surface area contributed by atoms with Gasteiger partial charge in [-0.15, -0.1) is 0 Å². The first kappa shape index (κ1) is 14.9. The van der Waals surface area contributed by atoms with E-state index < -0.39 is 0 Å². The summed E-state index contributed by atoms with van der Waals surface area (Å²) in [7, 11) is 0. The summed E-state index contributed by atoms with van der Waals surface area (Å²) in [6, 6.07) is 33.3. The van der Waals surface area contributed by atoms with E-state index in [1.165, 1.54) is 70.7 Å². The highest BCUT2D eigenvalue weighted by molar-refractivity contribution is 6.26. The van der Waals surface area contributed by atoms with Crippen molar-refractivity contribution in [3.05, 3.63) is 91.0 Å². The summed E-state index contributed by atoms with van der Waals surface area (Å²) in [4.78, 5) is 3.67. The largest absolute Gasteiger partial charge is 0.354 e. The standard InChI is InChI=1S/C28H16N2/c1-3-10-24-17(6-1)19-13-12-16-14-26-23(15-22(16)27(19)29-24)21-9-5-8-20-18-7-2-4-11-25(18)30(26)28(20)21/h1-15,29H. The Kier molecular flexibility index (Phi) is 2.44. The zero-order chi connectivity index (χ0) is 19.4. The van der Waals surface area contributed by atoms with Crippen molar-refractivity contribution < 1.29 is 0 Å². The Morgan fingerprint density at radius 3 is 2.20 bits per heavy atom. The number of rotatable bonds is 0. The summed E-state index contributed by atoms with van der Waals surface area (Å²) in [5.74, 6) is 0. The molecule has 3 heterocycles. The van der Waals surface area contributed by atoms with E-state index in [1.54, 1.807) is 0 Å². The summed E-state index contributed by atoms with van der Waals surface area (Å²) < 4.78 is 2.45. The Balaban J connectivity index is 1.65. The maximum Gasteiger partial charge on any atom is 0.0620 e. The Morgan fingerprint density at radius 1 is 0.500 bits per heavy atom. The lowest BCUT2D eigenvalue weighted by molar-refractivity contribution is 1.37. The van der Waals surface area contributed by atoms with E-state index in [4.69, 9.17) is 0 Å². The van der Waals surface area contributed by atoms with Gasteiger partial charge in [0.15, 0.2) is 0 Å². The molecule has 0 atom stereocenters. The van der Waals surface area contributed by atoms with Crippen molar-refractivity contribution in [2.45, 2.75) is 0 Å². The summed E-state index contributed by atoms with van der Waals surface area (Å²) in [6.45, 7) is 0. The van der Waals surface area contributed by atoms with Gasteiger partial charge in [0, 0.05) is 43.2 Å². The quantitative estimate of drug-likeness (QED) is 0.279. The Bertz CT molecular complexity index is 1950. The van der Waals surface area contributed by atoms with E-state index >= 15 is 0 Å². The summed E-state index contributed by atoms with van der Waals surface area (Å²) in [6.07, 6.45) is 0. The van der Waals surface area contributed by atoms with Crippen LogP contribution >= 0.6 is 0 Å². The molecule has 8 aromatic rings. The van der Waals surface area contributed by atoms with Gasteiger partial charge >= 0.3 is 0 Å². The minimum atomic E-state index is 1.19. The average molecular weight is 380 g/mol. The molecule has 138 valence electrons. The lowest BCUT2D eigenvalue weighted by Crippen LogP contribution is -1.82. The second-order valence-electron chi connectivity index (χ2n) is 8.30. The molecule has 2 heteroatoms. The van der Waals surface area contributed by atoms with Crippen LogP contribution in [0.1, 0.15) is 0 Å². The van der Waals surface area contributed by atoms with Gasteiger partial charge in [-0.25, -0.2) is 0 Å². The van der Waals surface area contributed by atoms with Crippen LogP contribution in [0.2, 0.25) is 0 Å². The number of hydrogen-bond donors (Lipinski definition) is 1. The third-order valence-electron chi connectivity index (χ3n) is 6.84. The Morgan fingerprint density at radius 2 is 1.27 bits per heavy atom. The van der Waals surface area contributed by atoms with Gasteiger partial charge in [0.25, 0.3) is 0 Å². The third kappa shape index (κ3) is 1.60. The normalized spacial score (nSPS) is 12.7. The van der Waals surface area contributed by atoms with E-state index in [1.807, 2.05) is 0 Å². The molecule has 0 unspecified atom stereocenters. The predicted octanol–water partition coefficient (Wildman–Crippen LogP) is 7.62. The fraction of sp³-hybridized carbons (Fsp3) is 0. The van der Waals surface area contributed by atoms with Gasteiger partial charge in [0.1, 0.15) is 0 Å². The minimum Gasteiger partial charge on any atom is -0.354 e. The molecule has 0 saturated heterocycles. The van der Waals surface area contributed by atoms with Gasteiger partial charge in [0.2, 0.25) is 0 Å². The average Bonchev–Trinajstić information content (AvgIpc) is 3.44. The number of aromatic amines is 1. The highest BCUT2D eigenvalue weighted by atomic mass is 14.9. The summed E-state index contributed by atoms with van der Waals surface area (Å²) in [5.41, 5.74) is 6.32. The fourth-order valence-corrected chi connectivity index (χ4v) is 5.57. The van der Waals surface area contributed by atoms with Gasteiger partial charge < -0.3 is 9.38 Å². The summed E-state index contributed by atoms with van der Waals surface area (Å²) >= 11 is 0. The number of H-pyrrole nitrogens is 1. The second-order valence-corrected chi connectivity index (χ2v) is 8.30. The van der Waals surface area contributed by atoms with E-state index in [0.717, 1.165) is 0 Å². The summed E-state index contributed by atoms with van der Waals surface area (Å²) in [5, 5.41) is 10.4. The maximum atomic E-state index is 3.67. The third-order valence-corrected chi connectivity index (χ3v) is 6.84. The van der Waals surface area contributed by atoms with Gasteiger partial charge in [-0.3, -0.25) is 0 Å². The number of hydrogen-bond acceptors (Lipinski definition) is 0. The van der Waals surface area contributed by atoms with Crippen LogP contribution in [0.3, 0.4) is 0 Å². The van der Waals surface area contributed by atoms with Crippen LogP contribution in [0.4, 0.5) is 0 Å². The van der Waals surface area contributed by atoms with Gasteiger partial charge in [-0.05, 0) is 29.7 Å². The molecular formula is C28H16N2. The molecule has 5 aromatic carbocycles. The predicted molar refractivity (Wildman–Crippen MR) is 128 cm³/mol. The highest BCUT2D eigenvalue weighted by Crippen LogP contribution is 2.41. The molecule has 3 aromatic heterocycles. The molecule has 0 fully saturated rings. The second kappa shape index (κ2) is 4.92. The Labute approximate surface area is 171 Å². The van der Waals surface area contributed by atoms with E-state index in [2.05, 4.69) is 100 Å². The van der Waals surface area contributed by atoms with Crippen LogP contribution in [0, 0.1) is 0 Å². The van der Waals surface area contributed by atoms with E-state index in [-0.39, 0.29) is 0 Å². The smallest absolute Gasteiger partial charge is 0.0620 e. The zero-order valence-electron chi connectivity index (χ0n) is 16.1. The van der Waals surface area contributed by atoms with Crippen LogP contribution in [-0.2, 0) is 0 Å². The molecule has 0 aliphatic heterocycles. The number of nitrogens with one attached hydrogen (secondary N) is 1. The minimum absolute atomic E-state index is 1.19. The number of nitrogens with zero attached hydrogens (tertiary/aromatic N) is 1. The molecule has 0 radical (unpaired) electrons. The Hall–Kier alpha value is -4.04. The lowest BCUT2D eigenvalue weighted by Gasteiger charge is -2.03. The number of benzene rings is 5. The maximum absolute atomic E-state index is 3.67. The van der Waals surface area contributed by atoms with Gasteiger partial charge in [-0.2, -0.15) is 0 Å². The monoisotopic (exact) mass is 380 g/mol. The molecule has 1 N–H and O–H groups in total. The van der Waals surface area contributed by atoms with Crippen LogP contribution < -0.4 is 0 Å². The molecule has 0 bridgehead atoms. The van der Waals surface area contributed by atoms with Crippen molar-refractivity contribution in [2.24, 2.45) is 0 Å². The number of para-hydroxylation sites is 3. The first-order valence-corrected chi connectivity index (χ1v) is 10.4. The SMILES string of the molecule is c1ccc2c(c1)[nH]c1c3cc4c5cccc6c7ccccc7n(c4cc3ccc21)c65.